The smallest absolute Gasteiger partial charge is 0.271 e. The van der Waals surface area contributed by atoms with Crippen molar-refractivity contribution in [2.24, 2.45) is 0 Å². The van der Waals surface area contributed by atoms with E-state index in [1.165, 1.54) is 13.3 Å². The van der Waals surface area contributed by atoms with Gasteiger partial charge in [-0.15, -0.1) is 0 Å². The maximum absolute atomic E-state index is 13.1. The summed E-state index contributed by atoms with van der Waals surface area (Å²) in [6.45, 7) is 1.52. The molecule has 1 amide bonds. The van der Waals surface area contributed by atoms with Gasteiger partial charge in [0.15, 0.2) is 11.4 Å². The Labute approximate surface area is 237 Å². The number of imidazole rings is 1. The van der Waals surface area contributed by atoms with E-state index >= 15 is 0 Å². The number of ketones is 1. The van der Waals surface area contributed by atoms with Crippen LogP contribution in [0.5, 0.6) is 0 Å². The van der Waals surface area contributed by atoms with Crippen molar-refractivity contribution in [2.45, 2.75) is 51.0 Å². The van der Waals surface area contributed by atoms with Crippen LogP contribution < -0.4 is 5.73 Å². The Kier molecular flexibility index (Phi) is 7.05. The fourth-order valence-electron chi connectivity index (χ4n) is 5.89. The van der Waals surface area contributed by atoms with Gasteiger partial charge in [0.1, 0.15) is 11.5 Å². The number of nitrogens with one attached hydrogen (secondary N) is 1. The monoisotopic (exact) mass is 548 g/mol. The molecule has 1 fully saturated rings. The van der Waals surface area contributed by atoms with Crippen LogP contribution in [0.4, 0.5) is 5.82 Å². The highest BCUT2D eigenvalue weighted by Crippen LogP contribution is 2.38. The maximum Gasteiger partial charge on any atom is 0.271 e. The van der Waals surface area contributed by atoms with Gasteiger partial charge >= 0.3 is 0 Å². The molecule has 10 heteroatoms. The van der Waals surface area contributed by atoms with Gasteiger partial charge in [0, 0.05) is 41.9 Å². The number of hydrogen-bond donors (Lipinski definition) is 2. The highest BCUT2D eigenvalue weighted by Gasteiger charge is 2.32. The van der Waals surface area contributed by atoms with Crippen molar-refractivity contribution in [1.82, 2.24) is 34.4 Å². The first kappa shape index (κ1) is 26.4. The molecular formula is C31H32N8O2. The fourth-order valence-corrected chi connectivity index (χ4v) is 5.89. The van der Waals surface area contributed by atoms with Crippen LogP contribution in [0.15, 0.2) is 67.4 Å². The second kappa shape index (κ2) is 11.0. The van der Waals surface area contributed by atoms with Crippen LogP contribution in [0.3, 0.4) is 0 Å². The lowest BCUT2D eigenvalue weighted by molar-refractivity contribution is 0.0707. The molecule has 6 rings (SSSR count). The number of nitrogens with two attached hydrogens (primary N) is 1. The molecule has 0 bridgehead atoms. The minimum Gasteiger partial charge on any atom is -0.383 e. The van der Waals surface area contributed by atoms with Crippen molar-refractivity contribution < 1.29 is 9.59 Å². The molecule has 1 saturated carbocycles. The van der Waals surface area contributed by atoms with Gasteiger partial charge in [0.2, 0.25) is 0 Å². The van der Waals surface area contributed by atoms with E-state index in [9.17, 15) is 9.59 Å². The number of carbonyl (C=O) groups is 2. The highest BCUT2D eigenvalue weighted by molar-refractivity contribution is 6.00. The summed E-state index contributed by atoms with van der Waals surface area (Å²) in [5.41, 5.74) is 12.3. The van der Waals surface area contributed by atoms with Gasteiger partial charge in [-0.2, -0.15) is 9.61 Å². The Bertz CT molecular complexity index is 1690. The van der Waals surface area contributed by atoms with Gasteiger partial charge in [-0.1, -0.05) is 49.2 Å². The fraction of sp³-hybridized carbons (Fsp3) is 0.290. The van der Waals surface area contributed by atoms with Gasteiger partial charge < -0.3 is 15.6 Å². The molecule has 0 unspecified atom stereocenters. The number of aromatic amines is 1. The average molecular weight is 549 g/mol. The predicted molar refractivity (Wildman–Crippen MR) is 156 cm³/mol. The molecule has 10 nitrogen and oxygen atoms in total. The van der Waals surface area contributed by atoms with Crippen molar-refractivity contribution in [1.29, 1.82) is 0 Å². The first-order chi connectivity index (χ1) is 19.9. The zero-order valence-electron chi connectivity index (χ0n) is 23.1. The zero-order valence-corrected chi connectivity index (χ0v) is 23.1. The summed E-state index contributed by atoms with van der Waals surface area (Å²) >= 11 is 0. The van der Waals surface area contributed by atoms with Gasteiger partial charge in [-0.05, 0) is 32.3 Å². The summed E-state index contributed by atoms with van der Waals surface area (Å²) in [5, 5.41) is 4.50. The Balaban J connectivity index is 1.38. The number of fused-ring (bicyclic) bond motifs is 1. The standard InChI is InChI=1S/C31H32N8O2/c1-19(40)27-28(21-10-6-7-11-23(14-21)38(2)31(41)26-17-33-18-35-26)37-30-24(16-36-39(30)29(27)32)22-12-13-25(34-15-22)20-8-4-3-5-9-20/h3-5,8-9,12-13,15-18,21,23H,6-7,10-11,14,32H2,1-2H3,(H,33,35)/t21-,23+/m0/s1. The first-order valence-corrected chi connectivity index (χ1v) is 13.9. The third-order valence-corrected chi connectivity index (χ3v) is 8.09. The van der Waals surface area contributed by atoms with Crippen LogP contribution in [0.1, 0.15) is 71.5 Å². The minimum absolute atomic E-state index is 0.0172. The first-order valence-electron chi connectivity index (χ1n) is 13.9. The number of H-pyrrole nitrogens is 1. The lowest BCUT2D eigenvalue weighted by atomic mass is 9.89. The molecule has 41 heavy (non-hydrogen) atoms. The molecule has 1 aliphatic rings. The largest absolute Gasteiger partial charge is 0.383 e. The number of hydrogen-bond acceptors (Lipinski definition) is 7. The van der Waals surface area contributed by atoms with Gasteiger partial charge in [-0.3, -0.25) is 14.6 Å². The SMILES string of the molecule is CC(=O)c1c([C@H]2CCCC[C@@H](N(C)C(=O)c3cnc[nH]3)C2)nc2c(-c3ccc(-c4ccccc4)nc3)cnn2c1N. The number of anilines is 1. The number of aromatic nitrogens is 6. The van der Waals surface area contributed by atoms with E-state index in [0.717, 1.165) is 48.1 Å². The number of carbonyl (C=O) groups excluding carboxylic acids is 2. The molecule has 5 aromatic rings. The summed E-state index contributed by atoms with van der Waals surface area (Å²) in [5.74, 6) is -0.0275. The molecule has 1 aliphatic carbocycles. The van der Waals surface area contributed by atoms with Crippen molar-refractivity contribution >= 4 is 23.2 Å². The van der Waals surface area contributed by atoms with E-state index in [0.29, 0.717) is 29.0 Å². The summed E-state index contributed by atoms with van der Waals surface area (Å²) in [6.07, 6.45) is 10.9. The molecule has 0 saturated heterocycles. The second-order valence-corrected chi connectivity index (χ2v) is 10.7. The molecule has 3 N–H and O–H groups in total. The second-order valence-electron chi connectivity index (χ2n) is 10.7. The summed E-state index contributed by atoms with van der Waals surface area (Å²) < 4.78 is 1.54. The van der Waals surface area contributed by atoms with Crippen molar-refractivity contribution in [3.63, 3.8) is 0 Å². The molecule has 0 spiro atoms. The molecule has 2 atom stereocenters. The molecule has 208 valence electrons. The van der Waals surface area contributed by atoms with Crippen LogP contribution in [0.25, 0.3) is 28.0 Å². The van der Waals surface area contributed by atoms with Crippen LogP contribution >= 0.6 is 0 Å². The predicted octanol–water partition coefficient (Wildman–Crippen LogP) is 5.15. The average Bonchev–Trinajstić information content (AvgIpc) is 3.62. The summed E-state index contributed by atoms with van der Waals surface area (Å²) in [4.78, 5) is 44.5. The van der Waals surface area contributed by atoms with Gasteiger partial charge in [0.05, 0.1) is 35.7 Å². The van der Waals surface area contributed by atoms with E-state index in [1.54, 1.807) is 21.8 Å². The number of nitrogen functional groups attached to an aromatic ring is 1. The Morgan fingerprint density at radius 3 is 2.54 bits per heavy atom. The van der Waals surface area contributed by atoms with Crippen molar-refractivity contribution in [3.8, 4) is 22.4 Å². The number of amides is 1. The molecule has 0 aliphatic heterocycles. The number of nitrogens with zero attached hydrogens (tertiary/aromatic N) is 6. The highest BCUT2D eigenvalue weighted by atomic mass is 16.2. The number of pyridine rings is 1. The zero-order chi connectivity index (χ0) is 28.5. The molecule has 0 radical (unpaired) electrons. The van der Waals surface area contributed by atoms with E-state index in [4.69, 9.17) is 10.7 Å². The lowest BCUT2D eigenvalue weighted by Crippen LogP contribution is -2.38. The summed E-state index contributed by atoms with van der Waals surface area (Å²) in [7, 11) is 1.83. The van der Waals surface area contributed by atoms with Crippen LogP contribution in [0.2, 0.25) is 0 Å². The lowest BCUT2D eigenvalue weighted by Gasteiger charge is -2.29. The van der Waals surface area contributed by atoms with Crippen LogP contribution in [0, 0.1) is 0 Å². The molecule has 4 aromatic heterocycles. The van der Waals surface area contributed by atoms with Crippen LogP contribution in [-0.4, -0.2) is 59.2 Å². The molecular weight excluding hydrogens is 516 g/mol. The normalized spacial score (nSPS) is 17.3. The van der Waals surface area contributed by atoms with E-state index < -0.39 is 0 Å². The van der Waals surface area contributed by atoms with E-state index in [-0.39, 0.29) is 29.5 Å². The summed E-state index contributed by atoms with van der Waals surface area (Å²) in [6, 6.07) is 14.0. The van der Waals surface area contributed by atoms with E-state index in [2.05, 4.69) is 20.1 Å². The van der Waals surface area contributed by atoms with E-state index in [1.807, 2.05) is 55.7 Å². The third-order valence-electron chi connectivity index (χ3n) is 8.09. The van der Waals surface area contributed by atoms with Crippen molar-refractivity contribution in [2.75, 3.05) is 12.8 Å². The Morgan fingerprint density at radius 1 is 1.02 bits per heavy atom. The maximum atomic E-state index is 13.1. The molecule has 4 heterocycles. The number of Topliss-reactive ketones (excluding diaryl/α,β-unsaturated/α-hetero) is 1. The number of rotatable bonds is 6. The van der Waals surface area contributed by atoms with Crippen molar-refractivity contribution in [3.05, 3.63) is 84.3 Å². The van der Waals surface area contributed by atoms with Gasteiger partial charge in [0.25, 0.3) is 5.91 Å². The quantitative estimate of drug-likeness (QED) is 0.221. The topological polar surface area (TPSA) is 135 Å². The molecule has 1 aromatic carbocycles. The Hall–Kier alpha value is -4.86. The number of benzene rings is 1. The minimum atomic E-state index is -0.152. The van der Waals surface area contributed by atoms with Gasteiger partial charge in [-0.25, -0.2) is 9.97 Å². The van der Waals surface area contributed by atoms with Crippen LogP contribution in [-0.2, 0) is 0 Å². The Morgan fingerprint density at radius 2 is 1.83 bits per heavy atom. The third kappa shape index (κ3) is 4.97.